The van der Waals surface area contributed by atoms with Gasteiger partial charge in [-0.15, -0.1) is 0 Å². The number of amides is 3. The number of anilines is 2. The fourth-order valence-corrected chi connectivity index (χ4v) is 4.02. The zero-order valence-corrected chi connectivity index (χ0v) is 19.2. The Balaban J connectivity index is 1.90. The molecule has 1 aliphatic carbocycles. The van der Waals surface area contributed by atoms with Crippen LogP contribution in [-0.4, -0.2) is 56.2 Å². The standard InChI is InChI=1S/C23H35N5O4/c1-14(2)32-23(31)27-13-15(3)28(22(30)16-4-5-16)19-7-6-17(10-20(19)27)18(11-24)12-26-9-8-21(25)29/h6-7,10,14-16,18,26H,4-5,8-9,11-13,24H2,1-3H3,(H2,25,29)/t15-,18?/m0/s1. The Kier molecular flexibility index (Phi) is 7.73. The largest absolute Gasteiger partial charge is 0.446 e. The highest BCUT2D eigenvalue weighted by Crippen LogP contribution is 2.41. The molecule has 32 heavy (non-hydrogen) atoms. The van der Waals surface area contributed by atoms with Crippen molar-refractivity contribution in [1.29, 1.82) is 0 Å². The third kappa shape index (κ3) is 5.58. The zero-order valence-electron chi connectivity index (χ0n) is 19.2. The molecule has 1 aromatic carbocycles. The first-order valence-corrected chi connectivity index (χ1v) is 11.4. The number of ether oxygens (including phenoxy) is 1. The lowest BCUT2D eigenvalue weighted by molar-refractivity contribution is -0.120. The number of rotatable bonds is 9. The lowest BCUT2D eigenvalue weighted by Gasteiger charge is -2.41. The van der Waals surface area contributed by atoms with E-state index in [4.69, 9.17) is 16.2 Å². The fourth-order valence-electron chi connectivity index (χ4n) is 4.02. The summed E-state index contributed by atoms with van der Waals surface area (Å²) in [7, 11) is 0. The second-order valence-corrected chi connectivity index (χ2v) is 8.98. The molecular formula is C23H35N5O4. The van der Waals surface area contributed by atoms with Crippen molar-refractivity contribution < 1.29 is 19.1 Å². The first-order chi connectivity index (χ1) is 15.2. The van der Waals surface area contributed by atoms with Crippen LogP contribution in [0.3, 0.4) is 0 Å². The maximum absolute atomic E-state index is 13.0. The third-order valence-corrected chi connectivity index (χ3v) is 5.85. The van der Waals surface area contributed by atoms with E-state index in [1.54, 1.807) is 4.90 Å². The van der Waals surface area contributed by atoms with Crippen molar-refractivity contribution in [3.8, 4) is 0 Å². The second kappa shape index (κ2) is 10.3. The van der Waals surface area contributed by atoms with Crippen LogP contribution in [0.4, 0.5) is 16.2 Å². The summed E-state index contributed by atoms with van der Waals surface area (Å²) in [6.07, 6.45) is 1.42. The van der Waals surface area contributed by atoms with Crippen molar-refractivity contribution in [3.05, 3.63) is 23.8 Å². The van der Waals surface area contributed by atoms with E-state index >= 15 is 0 Å². The van der Waals surface area contributed by atoms with E-state index < -0.39 is 6.09 Å². The van der Waals surface area contributed by atoms with Crippen LogP contribution in [0.1, 0.15) is 51.5 Å². The molecule has 3 amide bonds. The number of fused-ring (bicyclic) bond motifs is 1. The van der Waals surface area contributed by atoms with Crippen LogP contribution in [0.25, 0.3) is 0 Å². The molecule has 1 aromatic rings. The molecule has 0 aromatic heterocycles. The summed E-state index contributed by atoms with van der Waals surface area (Å²) < 4.78 is 5.48. The summed E-state index contributed by atoms with van der Waals surface area (Å²) in [5.74, 6) is -0.190. The van der Waals surface area contributed by atoms with Crippen molar-refractivity contribution >= 4 is 29.3 Å². The normalized spacial score (nSPS) is 19.0. The first-order valence-electron chi connectivity index (χ1n) is 11.4. The minimum absolute atomic E-state index is 0.0249. The predicted octanol–water partition coefficient (Wildman–Crippen LogP) is 1.69. The molecule has 176 valence electrons. The van der Waals surface area contributed by atoms with E-state index in [1.165, 1.54) is 0 Å². The molecule has 1 aliphatic heterocycles. The van der Waals surface area contributed by atoms with Crippen LogP contribution >= 0.6 is 0 Å². The highest BCUT2D eigenvalue weighted by atomic mass is 16.6. The first kappa shape index (κ1) is 24.0. The van der Waals surface area contributed by atoms with Crippen LogP contribution in [0.2, 0.25) is 0 Å². The Hall–Kier alpha value is -2.65. The number of carbonyl (C=O) groups excluding carboxylic acids is 3. The molecule has 1 saturated carbocycles. The molecule has 1 unspecified atom stereocenters. The SMILES string of the molecule is CC(C)OC(=O)N1C[C@H](C)N(C(=O)C2CC2)c2ccc(C(CN)CNCCC(N)=O)cc21. The van der Waals surface area contributed by atoms with Gasteiger partial charge in [-0.2, -0.15) is 0 Å². The molecule has 0 saturated heterocycles. The number of nitrogens with one attached hydrogen (secondary N) is 1. The van der Waals surface area contributed by atoms with Crippen molar-refractivity contribution in [1.82, 2.24) is 5.32 Å². The van der Waals surface area contributed by atoms with Crippen LogP contribution in [0.15, 0.2) is 18.2 Å². The van der Waals surface area contributed by atoms with Crippen molar-refractivity contribution in [2.24, 2.45) is 17.4 Å². The number of nitrogens with zero attached hydrogens (tertiary/aromatic N) is 2. The van der Waals surface area contributed by atoms with Gasteiger partial charge in [0.05, 0.1) is 23.5 Å². The van der Waals surface area contributed by atoms with Gasteiger partial charge < -0.3 is 26.4 Å². The Labute approximate surface area is 189 Å². The minimum atomic E-state index is -0.423. The highest BCUT2D eigenvalue weighted by Gasteiger charge is 2.41. The molecule has 9 nitrogen and oxygen atoms in total. The summed E-state index contributed by atoms with van der Waals surface area (Å²) in [6, 6.07) is 5.65. The third-order valence-electron chi connectivity index (χ3n) is 5.85. The van der Waals surface area contributed by atoms with Gasteiger partial charge >= 0.3 is 6.09 Å². The van der Waals surface area contributed by atoms with Crippen molar-refractivity contribution in [2.45, 2.75) is 58.1 Å². The topological polar surface area (TPSA) is 131 Å². The number of primary amides is 1. The molecule has 0 spiro atoms. The van der Waals surface area contributed by atoms with Crippen LogP contribution in [0.5, 0.6) is 0 Å². The smallest absolute Gasteiger partial charge is 0.414 e. The average Bonchev–Trinajstić information content (AvgIpc) is 3.57. The Morgan fingerprint density at radius 1 is 1.22 bits per heavy atom. The molecule has 1 heterocycles. The van der Waals surface area contributed by atoms with Crippen molar-refractivity contribution in [2.75, 3.05) is 36.0 Å². The van der Waals surface area contributed by atoms with Gasteiger partial charge in [-0.3, -0.25) is 14.5 Å². The van der Waals surface area contributed by atoms with Gasteiger partial charge in [0.15, 0.2) is 0 Å². The summed E-state index contributed by atoms with van der Waals surface area (Å²) in [6.45, 7) is 7.38. The minimum Gasteiger partial charge on any atom is -0.446 e. The van der Waals surface area contributed by atoms with Crippen LogP contribution in [0, 0.1) is 5.92 Å². The lowest BCUT2D eigenvalue weighted by atomic mass is 9.96. The quantitative estimate of drug-likeness (QED) is 0.496. The number of hydrogen-bond acceptors (Lipinski definition) is 6. The predicted molar refractivity (Wildman–Crippen MR) is 124 cm³/mol. The highest BCUT2D eigenvalue weighted by molar-refractivity contribution is 6.04. The Bertz CT molecular complexity index is 855. The number of carbonyl (C=O) groups is 3. The summed E-state index contributed by atoms with van der Waals surface area (Å²) >= 11 is 0. The van der Waals surface area contributed by atoms with E-state index in [0.717, 1.165) is 24.1 Å². The lowest BCUT2D eigenvalue weighted by Crippen LogP contribution is -2.52. The fraction of sp³-hybridized carbons (Fsp3) is 0.609. The zero-order chi connectivity index (χ0) is 23.4. The van der Waals surface area contributed by atoms with Gasteiger partial charge in [0.1, 0.15) is 0 Å². The molecule has 1 fully saturated rings. The summed E-state index contributed by atoms with van der Waals surface area (Å²) in [5.41, 5.74) is 13.6. The van der Waals surface area contributed by atoms with Crippen LogP contribution < -0.4 is 26.6 Å². The molecule has 2 atom stereocenters. The molecule has 0 radical (unpaired) electrons. The van der Waals surface area contributed by atoms with Crippen LogP contribution in [-0.2, 0) is 14.3 Å². The van der Waals surface area contributed by atoms with E-state index in [1.807, 2.05) is 43.9 Å². The number of benzene rings is 1. The number of hydrogen-bond donors (Lipinski definition) is 3. The van der Waals surface area contributed by atoms with Crippen molar-refractivity contribution in [3.63, 3.8) is 0 Å². The Morgan fingerprint density at radius 2 is 1.94 bits per heavy atom. The maximum atomic E-state index is 13.0. The summed E-state index contributed by atoms with van der Waals surface area (Å²) in [5, 5.41) is 3.21. The monoisotopic (exact) mass is 445 g/mol. The van der Waals surface area contributed by atoms with E-state index in [0.29, 0.717) is 31.9 Å². The van der Waals surface area contributed by atoms with Gasteiger partial charge in [0.2, 0.25) is 11.8 Å². The average molecular weight is 446 g/mol. The summed E-state index contributed by atoms with van der Waals surface area (Å²) in [4.78, 5) is 40.3. The molecule has 0 bridgehead atoms. The second-order valence-electron chi connectivity index (χ2n) is 8.98. The van der Waals surface area contributed by atoms with E-state index in [9.17, 15) is 14.4 Å². The molecule has 2 aliphatic rings. The van der Waals surface area contributed by atoms with E-state index in [-0.39, 0.29) is 42.2 Å². The van der Waals surface area contributed by atoms with E-state index in [2.05, 4.69) is 5.32 Å². The van der Waals surface area contributed by atoms with Gasteiger partial charge in [-0.05, 0) is 51.3 Å². The van der Waals surface area contributed by atoms with Gasteiger partial charge in [-0.25, -0.2) is 4.79 Å². The molecule has 9 heteroatoms. The molecule has 5 N–H and O–H groups in total. The maximum Gasteiger partial charge on any atom is 0.414 e. The molecule has 3 rings (SSSR count). The number of nitrogens with two attached hydrogens (primary N) is 2. The Morgan fingerprint density at radius 3 is 2.53 bits per heavy atom. The molecular weight excluding hydrogens is 410 g/mol. The van der Waals surface area contributed by atoms with Gasteiger partial charge in [0, 0.05) is 44.4 Å². The van der Waals surface area contributed by atoms with Gasteiger partial charge in [0.25, 0.3) is 0 Å². The van der Waals surface area contributed by atoms with Gasteiger partial charge in [-0.1, -0.05) is 6.07 Å².